The summed E-state index contributed by atoms with van der Waals surface area (Å²) in [4.78, 5) is 15.8. The highest BCUT2D eigenvalue weighted by Crippen LogP contribution is 2.27. The first-order valence-electron chi connectivity index (χ1n) is 5.69. The fourth-order valence-corrected chi connectivity index (χ4v) is 2.66. The van der Waals surface area contributed by atoms with Gasteiger partial charge in [-0.3, -0.25) is 9.20 Å². The average Bonchev–Trinajstić information content (AvgIpc) is 2.83. The van der Waals surface area contributed by atoms with Gasteiger partial charge in [0.2, 0.25) is 5.16 Å². The summed E-state index contributed by atoms with van der Waals surface area (Å²) in [6, 6.07) is 9.20. The van der Waals surface area contributed by atoms with E-state index < -0.39 is 0 Å². The molecule has 3 rings (SSSR count). The molecule has 0 saturated carbocycles. The van der Waals surface area contributed by atoms with Crippen molar-refractivity contribution in [3.8, 4) is 0 Å². The normalized spacial score (nSPS) is 10.8. The molecule has 19 heavy (non-hydrogen) atoms. The van der Waals surface area contributed by atoms with Crippen molar-refractivity contribution in [2.45, 2.75) is 17.1 Å². The molecule has 0 aromatic carbocycles. The standard InChI is InChI=1S/C13H10N4OS/c1-9(18)10-5-4-7-14-12(10)19-13-16-15-11-6-2-3-8-17(11)13/h2-8H,1H3. The number of nitrogens with zero attached hydrogens (tertiary/aromatic N) is 4. The van der Waals surface area contributed by atoms with Crippen LogP contribution < -0.4 is 0 Å². The Morgan fingerprint density at radius 3 is 2.95 bits per heavy atom. The summed E-state index contributed by atoms with van der Waals surface area (Å²) in [5.41, 5.74) is 1.37. The van der Waals surface area contributed by atoms with Gasteiger partial charge in [0.25, 0.3) is 0 Å². The zero-order valence-corrected chi connectivity index (χ0v) is 11.0. The average molecular weight is 270 g/mol. The van der Waals surface area contributed by atoms with Crippen molar-refractivity contribution in [2.75, 3.05) is 0 Å². The Morgan fingerprint density at radius 2 is 2.11 bits per heavy atom. The molecule has 0 aliphatic rings. The van der Waals surface area contributed by atoms with Crippen LogP contribution in [0.5, 0.6) is 0 Å². The number of hydrogen-bond donors (Lipinski definition) is 0. The number of aromatic nitrogens is 4. The predicted octanol–water partition coefficient (Wildman–Crippen LogP) is 2.48. The number of pyridine rings is 2. The highest BCUT2D eigenvalue weighted by molar-refractivity contribution is 7.99. The largest absolute Gasteiger partial charge is 0.294 e. The van der Waals surface area contributed by atoms with Crippen molar-refractivity contribution in [3.05, 3.63) is 48.3 Å². The first-order valence-corrected chi connectivity index (χ1v) is 6.51. The van der Waals surface area contributed by atoms with Crippen LogP contribution in [0.2, 0.25) is 0 Å². The summed E-state index contributed by atoms with van der Waals surface area (Å²) in [5, 5.41) is 9.52. The summed E-state index contributed by atoms with van der Waals surface area (Å²) in [6.45, 7) is 1.53. The van der Waals surface area contributed by atoms with Crippen LogP contribution in [0.15, 0.2) is 52.9 Å². The van der Waals surface area contributed by atoms with Gasteiger partial charge < -0.3 is 0 Å². The van der Waals surface area contributed by atoms with Gasteiger partial charge in [-0.25, -0.2) is 4.98 Å². The molecule has 0 spiro atoms. The van der Waals surface area contributed by atoms with E-state index in [-0.39, 0.29) is 5.78 Å². The zero-order valence-electron chi connectivity index (χ0n) is 10.1. The smallest absolute Gasteiger partial charge is 0.201 e. The molecule has 3 aromatic heterocycles. The van der Waals surface area contributed by atoms with Gasteiger partial charge in [0.15, 0.2) is 11.4 Å². The molecule has 5 nitrogen and oxygen atoms in total. The lowest BCUT2D eigenvalue weighted by Gasteiger charge is -2.03. The summed E-state index contributed by atoms with van der Waals surface area (Å²) in [5.74, 6) is -0.00980. The van der Waals surface area contributed by atoms with E-state index in [4.69, 9.17) is 0 Å². The lowest BCUT2D eigenvalue weighted by atomic mass is 10.2. The van der Waals surface area contributed by atoms with Crippen LogP contribution in [0.1, 0.15) is 17.3 Å². The van der Waals surface area contributed by atoms with Gasteiger partial charge in [-0.1, -0.05) is 6.07 Å². The van der Waals surface area contributed by atoms with Crippen molar-refractivity contribution in [1.29, 1.82) is 0 Å². The zero-order chi connectivity index (χ0) is 13.2. The number of hydrogen-bond acceptors (Lipinski definition) is 5. The van der Waals surface area contributed by atoms with Gasteiger partial charge in [-0.15, -0.1) is 10.2 Å². The predicted molar refractivity (Wildman–Crippen MR) is 71.4 cm³/mol. The minimum absolute atomic E-state index is 0.00980. The lowest BCUT2D eigenvalue weighted by Crippen LogP contribution is -1.97. The van der Waals surface area contributed by atoms with Gasteiger partial charge in [0, 0.05) is 18.0 Å². The maximum Gasteiger partial charge on any atom is 0.201 e. The Kier molecular flexibility index (Phi) is 3.00. The number of rotatable bonds is 3. The van der Waals surface area contributed by atoms with Gasteiger partial charge in [0.05, 0.1) is 0 Å². The second-order valence-electron chi connectivity index (χ2n) is 3.93. The molecule has 6 heteroatoms. The van der Waals surface area contributed by atoms with E-state index in [0.29, 0.717) is 15.7 Å². The Bertz CT molecular complexity index is 753. The highest BCUT2D eigenvalue weighted by atomic mass is 32.2. The Morgan fingerprint density at radius 1 is 1.21 bits per heavy atom. The van der Waals surface area contributed by atoms with E-state index in [0.717, 1.165) is 5.65 Å². The summed E-state index contributed by atoms with van der Waals surface area (Å²) in [6.07, 6.45) is 3.55. The minimum Gasteiger partial charge on any atom is -0.294 e. The van der Waals surface area contributed by atoms with Crippen LogP contribution in [-0.4, -0.2) is 25.4 Å². The van der Waals surface area contributed by atoms with Crippen molar-refractivity contribution >= 4 is 23.2 Å². The molecule has 0 bridgehead atoms. The molecule has 0 aliphatic heterocycles. The van der Waals surface area contributed by atoms with Crippen LogP contribution >= 0.6 is 11.8 Å². The summed E-state index contributed by atoms with van der Waals surface area (Å²) in [7, 11) is 0. The molecule has 94 valence electrons. The maximum atomic E-state index is 11.6. The molecule has 0 radical (unpaired) electrons. The van der Waals surface area contributed by atoms with Gasteiger partial charge in [-0.2, -0.15) is 0 Å². The molecule has 0 N–H and O–H groups in total. The summed E-state index contributed by atoms with van der Waals surface area (Å²) >= 11 is 1.34. The number of fused-ring (bicyclic) bond motifs is 1. The maximum absolute atomic E-state index is 11.6. The van der Waals surface area contributed by atoms with E-state index >= 15 is 0 Å². The third-order valence-corrected chi connectivity index (χ3v) is 3.60. The van der Waals surface area contributed by atoms with Crippen LogP contribution in [-0.2, 0) is 0 Å². The third kappa shape index (κ3) is 2.22. The van der Waals surface area contributed by atoms with Crippen molar-refractivity contribution < 1.29 is 4.79 Å². The van der Waals surface area contributed by atoms with Gasteiger partial charge in [-0.05, 0) is 43.0 Å². The topological polar surface area (TPSA) is 60.2 Å². The number of carbonyl (C=O) groups excluding carboxylic acids is 1. The van der Waals surface area contributed by atoms with E-state index in [9.17, 15) is 4.79 Å². The number of Topliss-reactive ketones (excluding diaryl/α,β-unsaturated/α-hetero) is 1. The first kappa shape index (κ1) is 11.9. The molecule has 3 aromatic rings. The Balaban J connectivity index is 2.04. The second-order valence-corrected chi connectivity index (χ2v) is 4.88. The molecule has 0 amide bonds. The van der Waals surface area contributed by atoms with E-state index in [2.05, 4.69) is 15.2 Å². The SMILES string of the molecule is CC(=O)c1cccnc1Sc1nnc2ccccn12. The first-order chi connectivity index (χ1) is 9.25. The van der Waals surface area contributed by atoms with Crippen LogP contribution in [0.3, 0.4) is 0 Å². The molecular formula is C13H10N4OS. The van der Waals surface area contributed by atoms with E-state index in [1.165, 1.54) is 18.7 Å². The summed E-state index contributed by atoms with van der Waals surface area (Å²) < 4.78 is 1.86. The lowest BCUT2D eigenvalue weighted by molar-refractivity contribution is 0.101. The molecule has 0 unspecified atom stereocenters. The molecule has 0 atom stereocenters. The fraction of sp³-hybridized carbons (Fsp3) is 0.0769. The second kappa shape index (κ2) is 4.81. The monoisotopic (exact) mass is 270 g/mol. The molecule has 0 saturated heterocycles. The number of ketones is 1. The number of carbonyl (C=O) groups is 1. The van der Waals surface area contributed by atoms with Gasteiger partial charge in [0.1, 0.15) is 5.03 Å². The van der Waals surface area contributed by atoms with Crippen molar-refractivity contribution in [1.82, 2.24) is 19.6 Å². The van der Waals surface area contributed by atoms with E-state index in [1.54, 1.807) is 18.3 Å². The van der Waals surface area contributed by atoms with Crippen molar-refractivity contribution in [2.24, 2.45) is 0 Å². The van der Waals surface area contributed by atoms with Crippen LogP contribution in [0, 0.1) is 0 Å². The molecule has 0 aliphatic carbocycles. The molecule has 0 fully saturated rings. The Hall–Kier alpha value is -2.21. The highest BCUT2D eigenvalue weighted by Gasteiger charge is 2.13. The van der Waals surface area contributed by atoms with E-state index in [1.807, 2.05) is 28.8 Å². The van der Waals surface area contributed by atoms with Crippen molar-refractivity contribution in [3.63, 3.8) is 0 Å². The Labute approximate surface area is 113 Å². The van der Waals surface area contributed by atoms with Gasteiger partial charge >= 0.3 is 0 Å². The van der Waals surface area contributed by atoms with Crippen LogP contribution in [0.25, 0.3) is 5.65 Å². The minimum atomic E-state index is -0.00980. The molecule has 3 heterocycles. The molecular weight excluding hydrogens is 260 g/mol. The quantitative estimate of drug-likeness (QED) is 0.684. The third-order valence-electron chi connectivity index (χ3n) is 2.62. The fourth-order valence-electron chi connectivity index (χ4n) is 1.72. The van der Waals surface area contributed by atoms with Crippen LogP contribution in [0.4, 0.5) is 0 Å².